The summed E-state index contributed by atoms with van der Waals surface area (Å²) < 4.78 is 0. The van der Waals surface area contributed by atoms with Gasteiger partial charge in [-0.1, -0.05) is 23.7 Å². The van der Waals surface area contributed by atoms with E-state index in [0.717, 1.165) is 24.3 Å². The number of hydrogen-bond donors (Lipinski definition) is 2. The number of nitrogens with zero attached hydrogens (tertiary/aromatic N) is 2. The van der Waals surface area contributed by atoms with Gasteiger partial charge in [-0.05, 0) is 43.0 Å². The molecule has 1 aromatic carbocycles. The van der Waals surface area contributed by atoms with Crippen LogP contribution in [0.1, 0.15) is 28.9 Å². The average molecular weight is 317 g/mol. The Morgan fingerprint density at radius 3 is 2.73 bits per heavy atom. The molecule has 2 N–H and O–H groups in total. The van der Waals surface area contributed by atoms with E-state index in [1.165, 1.54) is 5.56 Å². The van der Waals surface area contributed by atoms with Crippen molar-refractivity contribution in [2.45, 2.75) is 25.3 Å². The summed E-state index contributed by atoms with van der Waals surface area (Å²) in [7, 11) is 0. The topological polar surface area (TPSA) is 66.9 Å². The van der Waals surface area contributed by atoms with Crippen molar-refractivity contribution < 1.29 is 4.79 Å². The highest BCUT2D eigenvalue weighted by atomic mass is 35.5. The second kappa shape index (κ2) is 6.75. The Morgan fingerprint density at radius 2 is 2.00 bits per heavy atom. The van der Waals surface area contributed by atoms with Crippen molar-refractivity contribution in [3.05, 3.63) is 52.8 Å². The molecule has 1 aliphatic rings. The Bertz CT molecular complexity index is 655. The Balaban J connectivity index is 1.53. The zero-order valence-electron chi connectivity index (χ0n) is 12.1. The highest BCUT2D eigenvalue weighted by molar-refractivity contribution is 6.30. The van der Waals surface area contributed by atoms with Gasteiger partial charge in [-0.15, -0.1) is 0 Å². The van der Waals surface area contributed by atoms with Gasteiger partial charge in [0.05, 0.1) is 0 Å². The van der Waals surface area contributed by atoms with Crippen LogP contribution in [-0.2, 0) is 6.42 Å². The average Bonchev–Trinajstić information content (AvgIpc) is 3.34. The van der Waals surface area contributed by atoms with Crippen LogP contribution in [0.2, 0.25) is 5.02 Å². The lowest BCUT2D eigenvalue weighted by Gasteiger charge is -2.07. The van der Waals surface area contributed by atoms with Crippen LogP contribution in [0.15, 0.2) is 36.5 Å². The first-order chi connectivity index (χ1) is 10.7. The fraction of sp³-hybridized carbons (Fsp3) is 0.312. The maximum absolute atomic E-state index is 11.9. The van der Waals surface area contributed by atoms with Crippen LogP contribution in [-0.4, -0.2) is 28.5 Å². The maximum Gasteiger partial charge on any atom is 0.270 e. The molecule has 6 heteroatoms. The van der Waals surface area contributed by atoms with Crippen molar-refractivity contribution in [2.24, 2.45) is 0 Å². The van der Waals surface area contributed by atoms with Gasteiger partial charge in [-0.25, -0.2) is 9.97 Å². The highest BCUT2D eigenvalue weighted by Gasteiger charge is 2.24. The first kappa shape index (κ1) is 14.8. The van der Waals surface area contributed by atoms with Crippen molar-refractivity contribution in [1.29, 1.82) is 0 Å². The molecule has 5 nitrogen and oxygen atoms in total. The van der Waals surface area contributed by atoms with Crippen molar-refractivity contribution >= 4 is 23.5 Å². The third-order valence-corrected chi connectivity index (χ3v) is 3.66. The van der Waals surface area contributed by atoms with E-state index in [9.17, 15) is 4.79 Å². The monoisotopic (exact) mass is 316 g/mol. The molecule has 0 atom stereocenters. The molecule has 2 aromatic rings. The summed E-state index contributed by atoms with van der Waals surface area (Å²) in [5.74, 6) is 0.336. The molecule has 114 valence electrons. The minimum absolute atomic E-state index is 0.134. The Morgan fingerprint density at radius 1 is 1.23 bits per heavy atom. The predicted molar refractivity (Wildman–Crippen MR) is 86.2 cm³/mol. The third kappa shape index (κ3) is 4.18. The summed E-state index contributed by atoms with van der Waals surface area (Å²) in [5.41, 5.74) is 1.58. The lowest BCUT2D eigenvalue weighted by atomic mass is 10.1. The predicted octanol–water partition coefficient (Wildman–Crippen LogP) is 2.68. The Hall–Kier alpha value is -2.14. The van der Waals surface area contributed by atoms with Gasteiger partial charge >= 0.3 is 0 Å². The smallest absolute Gasteiger partial charge is 0.270 e. The lowest BCUT2D eigenvalue weighted by Crippen LogP contribution is -2.26. The van der Waals surface area contributed by atoms with Gasteiger partial charge in [-0.3, -0.25) is 4.79 Å². The first-order valence-electron chi connectivity index (χ1n) is 7.33. The summed E-state index contributed by atoms with van der Waals surface area (Å²) in [6.45, 7) is 0.690. The molecule has 22 heavy (non-hydrogen) atoms. The van der Waals surface area contributed by atoms with E-state index in [0.29, 0.717) is 24.2 Å². The molecule has 0 aliphatic heterocycles. The van der Waals surface area contributed by atoms with Gasteiger partial charge in [0.25, 0.3) is 5.91 Å². The molecule has 1 aliphatic carbocycles. The molecule has 0 radical (unpaired) electrons. The van der Waals surface area contributed by atoms with Gasteiger partial charge in [0.2, 0.25) is 5.95 Å². The van der Waals surface area contributed by atoms with Gasteiger partial charge in [0, 0.05) is 23.8 Å². The van der Waals surface area contributed by atoms with E-state index >= 15 is 0 Å². The molecule has 0 saturated heterocycles. The molecule has 1 amide bonds. The molecular weight excluding hydrogens is 300 g/mol. The highest BCUT2D eigenvalue weighted by Crippen LogP contribution is 2.19. The summed E-state index contributed by atoms with van der Waals surface area (Å²) in [6.07, 6.45) is 4.55. The van der Waals surface area contributed by atoms with E-state index in [4.69, 9.17) is 11.6 Å². The fourth-order valence-corrected chi connectivity index (χ4v) is 2.15. The number of nitrogens with one attached hydrogen (secondary N) is 2. The first-order valence-corrected chi connectivity index (χ1v) is 7.71. The van der Waals surface area contributed by atoms with Crippen molar-refractivity contribution in [2.75, 3.05) is 11.9 Å². The minimum Gasteiger partial charge on any atom is -0.354 e. The molecule has 0 bridgehead atoms. The maximum atomic E-state index is 11.9. The van der Waals surface area contributed by atoms with Crippen LogP contribution in [0.5, 0.6) is 0 Å². The van der Waals surface area contributed by atoms with Crippen LogP contribution in [0.4, 0.5) is 5.95 Å². The molecule has 1 saturated carbocycles. The number of carbonyl (C=O) groups is 1. The van der Waals surface area contributed by atoms with Crippen LogP contribution in [0.25, 0.3) is 0 Å². The summed E-state index contributed by atoms with van der Waals surface area (Å²) >= 11 is 5.86. The number of aromatic nitrogens is 2. The zero-order valence-corrected chi connectivity index (χ0v) is 12.8. The fourth-order valence-electron chi connectivity index (χ4n) is 2.03. The van der Waals surface area contributed by atoms with Gasteiger partial charge in [0.1, 0.15) is 5.69 Å². The zero-order chi connectivity index (χ0) is 15.4. The van der Waals surface area contributed by atoms with E-state index in [1.54, 1.807) is 12.3 Å². The largest absolute Gasteiger partial charge is 0.354 e. The second-order valence-corrected chi connectivity index (χ2v) is 5.75. The van der Waals surface area contributed by atoms with Gasteiger partial charge in [0.15, 0.2) is 0 Å². The van der Waals surface area contributed by atoms with E-state index < -0.39 is 0 Å². The number of halogens is 1. The van der Waals surface area contributed by atoms with Crippen molar-refractivity contribution in [3.8, 4) is 0 Å². The van der Waals surface area contributed by atoms with Crippen LogP contribution in [0, 0.1) is 0 Å². The molecule has 1 aromatic heterocycles. The lowest BCUT2D eigenvalue weighted by molar-refractivity contribution is 0.0946. The number of benzene rings is 1. The number of hydrogen-bond acceptors (Lipinski definition) is 4. The molecular formula is C16H17ClN4O. The minimum atomic E-state index is -0.134. The van der Waals surface area contributed by atoms with E-state index in [2.05, 4.69) is 20.6 Å². The SMILES string of the molecule is O=C(NC1CC1)c1ccnc(NCCc2ccc(Cl)cc2)n1. The molecule has 0 spiro atoms. The van der Waals surface area contributed by atoms with E-state index in [-0.39, 0.29) is 5.91 Å². The van der Waals surface area contributed by atoms with Crippen LogP contribution >= 0.6 is 11.6 Å². The second-order valence-electron chi connectivity index (χ2n) is 5.32. The van der Waals surface area contributed by atoms with Crippen LogP contribution < -0.4 is 10.6 Å². The standard InChI is InChI=1S/C16H17ClN4O/c17-12-3-1-11(2-4-12)7-9-18-16-19-10-8-14(21-16)15(22)20-13-5-6-13/h1-4,8,10,13H,5-7,9H2,(H,20,22)(H,18,19,21). The molecule has 1 heterocycles. The number of rotatable bonds is 6. The Kier molecular flexibility index (Phi) is 4.53. The summed E-state index contributed by atoms with van der Waals surface area (Å²) in [4.78, 5) is 20.3. The quantitative estimate of drug-likeness (QED) is 0.860. The normalized spacial score (nSPS) is 13.7. The van der Waals surface area contributed by atoms with Gasteiger partial charge in [-0.2, -0.15) is 0 Å². The molecule has 0 unspecified atom stereocenters. The molecule has 1 fully saturated rings. The Labute approximate surface area is 134 Å². The third-order valence-electron chi connectivity index (χ3n) is 3.41. The summed E-state index contributed by atoms with van der Waals surface area (Å²) in [6, 6.07) is 9.67. The van der Waals surface area contributed by atoms with Gasteiger partial charge < -0.3 is 10.6 Å². The number of carbonyl (C=O) groups excluding carboxylic acids is 1. The van der Waals surface area contributed by atoms with Crippen LogP contribution in [0.3, 0.4) is 0 Å². The molecule has 3 rings (SSSR count). The number of amides is 1. The number of anilines is 1. The summed E-state index contributed by atoms with van der Waals surface area (Å²) in [5, 5.41) is 6.78. The van der Waals surface area contributed by atoms with Crippen molar-refractivity contribution in [3.63, 3.8) is 0 Å². The van der Waals surface area contributed by atoms with E-state index in [1.807, 2.05) is 24.3 Å². The van der Waals surface area contributed by atoms with Crippen molar-refractivity contribution in [1.82, 2.24) is 15.3 Å².